The highest BCUT2D eigenvalue weighted by Crippen LogP contribution is 2.31. The molecule has 7 nitrogen and oxygen atoms in total. The van der Waals surface area contributed by atoms with Gasteiger partial charge < -0.3 is 4.74 Å². The number of aromatic nitrogens is 3. The van der Waals surface area contributed by atoms with Gasteiger partial charge in [-0.2, -0.15) is 10.2 Å². The summed E-state index contributed by atoms with van der Waals surface area (Å²) in [4.78, 5) is 29.9. The Hall–Kier alpha value is -3.40. The van der Waals surface area contributed by atoms with Crippen molar-refractivity contribution >= 4 is 16.9 Å². The van der Waals surface area contributed by atoms with E-state index in [0.29, 0.717) is 36.2 Å². The molecular weight excluding hydrogens is 392 g/mol. The molecular formula is C24H26N4O3. The first-order valence-electron chi connectivity index (χ1n) is 10.7. The minimum Gasteiger partial charge on any atom is -0.462 e. The fourth-order valence-corrected chi connectivity index (χ4v) is 4.48. The van der Waals surface area contributed by atoms with Crippen molar-refractivity contribution in [3.63, 3.8) is 0 Å². The van der Waals surface area contributed by atoms with Gasteiger partial charge in [0.2, 0.25) is 5.88 Å². The first kappa shape index (κ1) is 20.9. The number of hydrogen-bond donors (Lipinski definition) is 0. The number of carbonyl (C=O) groups excluding carboxylic acids is 1. The summed E-state index contributed by atoms with van der Waals surface area (Å²) in [7, 11) is 1.73. The molecule has 0 amide bonds. The topological polar surface area (TPSA) is 89.9 Å². The third-order valence-corrected chi connectivity index (χ3v) is 6.21. The van der Waals surface area contributed by atoms with Gasteiger partial charge >= 0.3 is 5.69 Å². The summed E-state index contributed by atoms with van der Waals surface area (Å²) < 4.78 is 8.60. The second-order valence-electron chi connectivity index (χ2n) is 8.24. The molecule has 2 aromatic heterocycles. The molecule has 0 unspecified atom stereocenters. The summed E-state index contributed by atoms with van der Waals surface area (Å²) in [6, 6.07) is 15.3. The third kappa shape index (κ3) is 4.53. The van der Waals surface area contributed by atoms with E-state index in [0.717, 1.165) is 36.8 Å². The number of aryl methyl sites for hydroxylation is 1. The molecule has 1 fully saturated rings. The van der Waals surface area contributed by atoms with Gasteiger partial charge in [0.1, 0.15) is 11.9 Å². The van der Waals surface area contributed by atoms with Gasteiger partial charge in [-0.25, -0.2) is 4.79 Å². The molecule has 0 N–H and O–H groups in total. The molecule has 160 valence electrons. The van der Waals surface area contributed by atoms with Crippen LogP contribution in [0.3, 0.4) is 0 Å². The summed E-state index contributed by atoms with van der Waals surface area (Å²) >= 11 is 0. The van der Waals surface area contributed by atoms with E-state index < -0.39 is 0 Å². The van der Waals surface area contributed by atoms with Crippen molar-refractivity contribution in [1.29, 1.82) is 5.26 Å². The van der Waals surface area contributed by atoms with Crippen molar-refractivity contribution in [3.8, 4) is 11.9 Å². The average molecular weight is 418 g/mol. The van der Waals surface area contributed by atoms with E-state index in [9.17, 15) is 9.59 Å². The fourth-order valence-electron chi connectivity index (χ4n) is 4.48. The van der Waals surface area contributed by atoms with Crippen LogP contribution in [0.5, 0.6) is 5.88 Å². The number of hydrogen-bond acceptors (Lipinski definition) is 5. The van der Waals surface area contributed by atoms with E-state index >= 15 is 0 Å². The Labute approximate surface area is 180 Å². The maximum absolute atomic E-state index is 12.8. The van der Waals surface area contributed by atoms with Crippen LogP contribution in [-0.4, -0.2) is 26.5 Å². The number of nitriles is 1. The Morgan fingerprint density at radius 1 is 1.16 bits per heavy atom. The highest BCUT2D eigenvalue weighted by atomic mass is 16.5. The summed E-state index contributed by atoms with van der Waals surface area (Å²) in [5.74, 6) is 1.08. The molecule has 1 aromatic carbocycles. The largest absolute Gasteiger partial charge is 0.462 e. The quantitative estimate of drug-likeness (QED) is 0.587. The van der Waals surface area contributed by atoms with Gasteiger partial charge in [-0.15, -0.1) is 0 Å². The number of ketones is 1. The van der Waals surface area contributed by atoms with E-state index in [-0.39, 0.29) is 18.2 Å². The molecule has 1 saturated carbocycles. The molecule has 0 saturated heterocycles. The Morgan fingerprint density at radius 3 is 2.61 bits per heavy atom. The minimum absolute atomic E-state index is 0.0867. The predicted molar refractivity (Wildman–Crippen MR) is 117 cm³/mol. The van der Waals surface area contributed by atoms with Crippen LogP contribution in [0.15, 0.2) is 47.3 Å². The maximum atomic E-state index is 12.8. The molecule has 0 radical (unpaired) electrons. The van der Waals surface area contributed by atoms with Gasteiger partial charge in [-0.3, -0.25) is 13.9 Å². The number of fused-ring (bicyclic) bond motifs is 1. The van der Waals surface area contributed by atoms with Crippen LogP contribution in [0.2, 0.25) is 0 Å². The summed E-state index contributed by atoms with van der Waals surface area (Å²) in [6.45, 7) is 0.487. The molecule has 3 aromatic rings. The molecule has 0 spiro atoms. The van der Waals surface area contributed by atoms with Crippen LogP contribution in [0.25, 0.3) is 11.2 Å². The van der Waals surface area contributed by atoms with Gasteiger partial charge in [-0.1, -0.05) is 30.3 Å². The third-order valence-electron chi connectivity index (χ3n) is 6.21. The van der Waals surface area contributed by atoms with Crippen molar-refractivity contribution in [2.24, 2.45) is 18.9 Å². The van der Waals surface area contributed by atoms with E-state index in [1.165, 1.54) is 0 Å². The normalized spacial score (nSPS) is 18.6. The standard InChI is InChI=1S/C24H26N4O3/c1-27-20-11-12-22(31-14-13-25)26-23(20)28(24(27)30)16-18-7-9-19(10-8-18)21(29)15-17-5-3-2-4-6-17/h2-6,11-12,18-19H,7-10,14-16H2,1H3. The van der Waals surface area contributed by atoms with Gasteiger partial charge in [0, 0.05) is 32.0 Å². The lowest BCUT2D eigenvalue weighted by Crippen LogP contribution is -2.29. The number of benzene rings is 1. The number of ether oxygens (including phenoxy) is 1. The van der Waals surface area contributed by atoms with Crippen LogP contribution in [0, 0.1) is 23.2 Å². The second kappa shape index (κ2) is 9.17. The molecule has 0 atom stereocenters. The summed E-state index contributed by atoms with van der Waals surface area (Å²) in [5.41, 5.74) is 2.27. The van der Waals surface area contributed by atoms with E-state index in [4.69, 9.17) is 10.00 Å². The molecule has 0 aliphatic heterocycles. The zero-order valence-corrected chi connectivity index (χ0v) is 17.7. The first-order valence-corrected chi connectivity index (χ1v) is 10.7. The van der Waals surface area contributed by atoms with Gasteiger partial charge in [-0.05, 0) is 43.2 Å². The maximum Gasteiger partial charge on any atom is 0.330 e. The van der Waals surface area contributed by atoms with Crippen LogP contribution in [-0.2, 0) is 24.8 Å². The van der Waals surface area contributed by atoms with Crippen molar-refractivity contribution in [1.82, 2.24) is 14.1 Å². The lowest BCUT2D eigenvalue weighted by atomic mass is 9.79. The van der Waals surface area contributed by atoms with Crippen LogP contribution in [0.1, 0.15) is 31.2 Å². The van der Waals surface area contributed by atoms with Crippen molar-refractivity contribution in [2.75, 3.05) is 6.61 Å². The number of pyridine rings is 1. The zero-order chi connectivity index (χ0) is 21.8. The van der Waals surface area contributed by atoms with Crippen LogP contribution < -0.4 is 10.4 Å². The molecule has 4 rings (SSSR count). The van der Waals surface area contributed by atoms with Gasteiger partial charge in [0.25, 0.3) is 0 Å². The van der Waals surface area contributed by atoms with Gasteiger partial charge in [0.05, 0.1) is 5.52 Å². The van der Waals surface area contributed by atoms with Crippen LogP contribution >= 0.6 is 0 Å². The van der Waals surface area contributed by atoms with Crippen molar-refractivity contribution in [2.45, 2.75) is 38.6 Å². The SMILES string of the molecule is Cn1c(=O)n(CC2CCC(C(=O)Cc3ccccc3)CC2)c2nc(OCC#N)ccc21. The molecule has 31 heavy (non-hydrogen) atoms. The minimum atomic E-state index is -0.109. The Bertz CT molecular complexity index is 1170. The fraction of sp³-hybridized carbons (Fsp3) is 0.417. The highest BCUT2D eigenvalue weighted by molar-refractivity contribution is 5.83. The van der Waals surface area contributed by atoms with E-state index in [2.05, 4.69) is 4.98 Å². The number of imidazole rings is 1. The lowest BCUT2D eigenvalue weighted by molar-refractivity contribution is -0.123. The first-order chi connectivity index (χ1) is 15.1. The highest BCUT2D eigenvalue weighted by Gasteiger charge is 2.27. The van der Waals surface area contributed by atoms with Crippen molar-refractivity contribution < 1.29 is 9.53 Å². The van der Waals surface area contributed by atoms with Crippen LogP contribution in [0.4, 0.5) is 0 Å². The Balaban J connectivity index is 1.43. The van der Waals surface area contributed by atoms with Gasteiger partial charge in [0.15, 0.2) is 12.3 Å². The molecule has 1 aliphatic carbocycles. The number of Topliss-reactive ketones (excluding diaryl/α,β-unsaturated/α-hetero) is 1. The molecule has 1 aliphatic rings. The van der Waals surface area contributed by atoms with E-state index in [1.54, 1.807) is 28.3 Å². The average Bonchev–Trinajstić information content (AvgIpc) is 3.03. The Morgan fingerprint density at radius 2 is 1.90 bits per heavy atom. The lowest BCUT2D eigenvalue weighted by Gasteiger charge is -2.27. The molecule has 2 heterocycles. The molecule has 0 bridgehead atoms. The smallest absolute Gasteiger partial charge is 0.330 e. The summed E-state index contributed by atoms with van der Waals surface area (Å²) in [5, 5.41) is 8.72. The van der Waals surface area contributed by atoms with Crippen molar-refractivity contribution in [3.05, 3.63) is 58.5 Å². The Kier molecular flexibility index (Phi) is 6.17. The number of carbonyl (C=O) groups is 1. The second-order valence-corrected chi connectivity index (χ2v) is 8.24. The summed E-state index contributed by atoms with van der Waals surface area (Å²) in [6.07, 6.45) is 4.05. The zero-order valence-electron chi connectivity index (χ0n) is 17.7. The predicted octanol–water partition coefficient (Wildman–Crippen LogP) is 3.26. The molecule has 7 heteroatoms. The number of nitrogens with zero attached hydrogens (tertiary/aromatic N) is 4. The van der Waals surface area contributed by atoms with E-state index in [1.807, 2.05) is 36.4 Å². The number of rotatable bonds is 7. The monoisotopic (exact) mass is 418 g/mol.